The van der Waals surface area contributed by atoms with E-state index in [-0.39, 0.29) is 12.5 Å². The summed E-state index contributed by atoms with van der Waals surface area (Å²) >= 11 is 0.862. The van der Waals surface area contributed by atoms with Crippen molar-refractivity contribution < 1.29 is 19.1 Å². The maximum Gasteiger partial charge on any atom is 0.294 e. The molecule has 0 aliphatic carbocycles. The van der Waals surface area contributed by atoms with Crippen molar-refractivity contribution in [1.29, 1.82) is 0 Å². The molecule has 0 spiro atoms. The van der Waals surface area contributed by atoms with Crippen LogP contribution in [-0.2, 0) is 9.59 Å². The summed E-state index contributed by atoms with van der Waals surface area (Å²) in [5.74, 6) is 0.0880. The predicted octanol–water partition coefficient (Wildman–Crippen LogP) is 2.35. The van der Waals surface area contributed by atoms with E-state index in [9.17, 15) is 14.4 Å². The number of imide groups is 1. The quantitative estimate of drug-likeness (QED) is 0.783. The highest BCUT2D eigenvalue weighted by atomic mass is 32.2. The van der Waals surface area contributed by atoms with E-state index in [0.29, 0.717) is 23.7 Å². The zero-order chi connectivity index (χ0) is 17.1. The molecule has 2 aliphatic heterocycles. The SMILES string of the molecule is COc1cccc(/C=C2\SC(=O)N(CC(=O)N3CCCC3)C2=O)c1. The maximum absolute atomic E-state index is 12.4. The largest absolute Gasteiger partial charge is 0.497 e. The van der Waals surface area contributed by atoms with E-state index in [4.69, 9.17) is 4.74 Å². The zero-order valence-corrected chi connectivity index (χ0v) is 14.2. The van der Waals surface area contributed by atoms with E-state index < -0.39 is 11.1 Å². The third-order valence-electron chi connectivity index (χ3n) is 4.02. The standard InChI is InChI=1S/C17H18N2O4S/c1-23-13-6-4-5-12(9-13)10-14-16(21)19(17(22)24-14)11-15(20)18-7-2-3-8-18/h4-6,9-10H,2-3,7-8,11H2,1H3/b14-10-. The summed E-state index contributed by atoms with van der Waals surface area (Å²) in [6.45, 7) is 1.23. The van der Waals surface area contributed by atoms with Crippen molar-refractivity contribution in [1.82, 2.24) is 9.80 Å². The normalized spacial score (nSPS) is 19.5. The van der Waals surface area contributed by atoms with E-state index in [1.54, 1.807) is 30.2 Å². The van der Waals surface area contributed by atoms with Gasteiger partial charge in [-0.25, -0.2) is 0 Å². The summed E-state index contributed by atoms with van der Waals surface area (Å²) in [5, 5.41) is -0.401. The van der Waals surface area contributed by atoms with Crippen LogP contribution in [0.1, 0.15) is 18.4 Å². The topological polar surface area (TPSA) is 66.9 Å². The smallest absolute Gasteiger partial charge is 0.294 e. The number of hydrogen-bond acceptors (Lipinski definition) is 5. The molecule has 3 rings (SSSR count). The molecule has 0 saturated carbocycles. The summed E-state index contributed by atoms with van der Waals surface area (Å²) < 4.78 is 5.15. The van der Waals surface area contributed by atoms with Gasteiger partial charge in [-0.1, -0.05) is 12.1 Å². The average molecular weight is 346 g/mol. The fourth-order valence-corrected chi connectivity index (χ4v) is 3.56. The summed E-state index contributed by atoms with van der Waals surface area (Å²) in [6.07, 6.45) is 3.60. The van der Waals surface area contributed by atoms with Crippen molar-refractivity contribution in [3.05, 3.63) is 34.7 Å². The van der Waals surface area contributed by atoms with Crippen LogP contribution in [0.5, 0.6) is 5.75 Å². The van der Waals surface area contributed by atoms with Crippen LogP contribution in [0.25, 0.3) is 6.08 Å². The molecule has 1 aromatic rings. The van der Waals surface area contributed by atoms with Crippen LogP contribution < -0.4 is 4.74 Å². The van der Waals surface area contributed by atoms with Gasteiger partial charge in [0, 0.05) is 13.1 Å². The van der Waals surface area contributed by atoms with Crippen molar-refractivity contribution in [2.24, 2.45) is 0 Å². The van der Waals surface area contributed by atoms with Crippen LogP contribution in [0.2, 0.25) is 0 Å². The van der Waals surface area contributed by atoms with Gasteiger partial charge < -0.3 is 9.64 Å². The lowest BCUT2D eigenvalue weighted by molar-refractivity contribution is -0.135. The lowest BCUT2D eigenvalue weighted by Crippen LogP contribution is -2.40. The monoisotopic (exact) mass is 346 g/mol. The zero-order valence-electron chi connectivity index (χ0n) is 13.4. The number of benzene rings is 1. The fraction of sp³-hybridized carbons (Fsp3) is 0.353. The van der Waals surface area contributed by atoms with Crippen LogP contribution >= 0.6 is 11.8 Å². The van der Waals surface area contributed by atoms with Gasteiger partial charge in [-0.15, -0.1) is 0 Å². The second kappa shape index (κ2) is 7.09. The number of likely N-dealkylation sites (tertiary alicyclic amines) is 1. The van der Waals surface area contributed by atoms with Crippen LogP contribution in [-0.4, -0.2) is 53.6 Å². The lowest BCUT2D eigenvalue weighted by Gasteiger charge is -2.18. The number of thioether (sulfide) groups is 1. The second-order valence-electron chi connectivity index (χ2n) is 5.63. The van der Waals surface area contributed by atoms with Crippen molar-refractivity contribution in [3.63, 3.8) is 0 Å². The van der Waals surface area contributed by atoms with Crippen molar-refractivity contribution in [2.45, 2.75) is 12.8 Å². The molecule has 0 aromatic heterocycles. The van der Waals surface area contributed by atoms with Crippen molar-refractivity contribution in [2.75, 3.05) is 26.7 Å². The molecular formula is C17H18N2O4S. The van der Waals surface area contributed by atoms with Gasteiger partial charge >= 0.3 is 0 Å². The Bertz CT molecular complexity index is 710. The molecule has 0 N–H and O–H groups in total. The van der Waals surface area contributed by atoms with Crippen LogP contribution in [0.3, 0.4) is 0 Å². The number of carbonyl (C=O) groups is 3. The van der Waals surface area contributed by atoms with Gasteiger partial charge in [0.1, 0.15) is 12.3 Å². The number of nitrogens with zero attached hydrogens (tertiary/aromatic N) is 2. The first kappa shape index (κ1) is 16.6. The van der Waals surface area contributed by atoms with Gasteiger partial charge in [-0.05, 0) is 48.4 Å². The number of ether oxygens (including phenoxy) is 1. The average Bonchev–Trinajstić information content (AvgIpc) is 3.20. The third kappa shape index (κ3) is 3.46. The van der Waals surface area contributed by atoms with E-state index in [1.807, 2.05) is 12.1 Å². The van der Waals surface area contributed by atoms with Crippen molar-refractivity contribution in [3.8, 4) is 5.75 Å². The molecule has 2 heterocycles. The van der Waals surface area contributed by atoms with E-state index in [0.717, 1.165) is 35.1 Å². The van der Waals surface area contributed by atoms with E-state index in [1.165, 1.54) is 0 Å². The van der Waals surface area contributed by atoms with E-state index >= 15 is 0 Å². The molecule has 2 fully saturated rings. The molecule has 126 valence electrons. The summed E-state index contributed by atoms with van der Waals surface area (Å²) in [4.78, 5) is 39.8. The number of amides is 3. The summed E-state index contributed by atoms with van der Waals surface area (Å²) in [6, 6.07) is 7.22. The molecule has 2 saturated heterocycles. The number of methoxy groups -OCH3 is 1. The molecule has 1 aromatic carbocycles. The van der Waals surface area contributed by atoms with Gasteiger partial charge in [0.15, 0.2) is 0 Å². The Morgan fingerprint density at radius 1 is 1.29 bits per heavy atom. The Balaban J connectivity index is 1.73. The van der Waals surface area contributed by atoms with Gasteiger partial charge in [-0.3, -0.25) is 19.3 Å². The fourth-order valence-electron chi connectivity index (χ4n) is 2.72. The molecule has 0 radical (unpaired) electrons. The summed E-state index contributed by atoms with van der Waals surface area (Å²) in [7, 11) is 1.57. The van der Waals surface area contributed by atoms with Gasteiger partial charge in [-0.2, -0.15) is 0 Å². The van der Waals surface area contributed by atoms with Gasteiger partial charge in [0.25, 0.3) is 11.1 Å². The number of hydrogen-bond donors (Lipinski definition) is 0. The van der Waals surface area contributed by atoms with E-state index in [2.05, 4.69) is 0 Å². The lowest BCUT2D eigenvalue weighted by atomic mass is 10.2. The highest BCUT2D eigenvalue weighted by Crippen LogP contribution is 2.32. The highest BCUT2D eigenvalue weighted by Gasteiger charge is 2.37. The Morgan fingerprint density at radius 3 is 2.75 bits per heavy atom. The molecule has 7 heteroatoms. The first-order valence-corrected chi connectivity index (χ1v) is 8.57. The Hall–Kier alpha value is -2.28. The van der Waals surface area contributed by atoms with Gasteiger partial charge in [0.05, 0.1) is 12.0 Å². The maximum atomic E-state index is 12.4. The third-order valence-corrected chi connectivity index (χ3v) is 4.92. The minimum Gasteiger partial charge on any atom is -0.497 e. The first-order chi connectivity index (χ1) is 11.6. The summed E-state index contributed by atoms with van der Waals surface area (Å²) in [5.41, 5.74) is 0.769. The Kier molecular flexibility index (Phi) is 4.89. The number of rotatable bonds is 4. The van der Waals surface area contributed by atoms with Crippen LogP contribution in [0.4, 0.5) is 4.79 Å². The molecule has 24 heavy (non-hydrogen) atoms. The highest BCUT2D eigenvalue weighted by molar-refractivity contribution is 8.18. The first-order valence-electron chi connectivity index (χ1n) is 7.75. The molecule has 0 atom stereocenters. The molecule has 0 unspecified atom stereocenters. The predicted molar refractivity (Wildman–Crippen MR) is 91.5 cm³/mol. The van der Waals surface area contributed by atoms with Crippen molar-refractivity contribution >= 4 is 34.9 Å². The molecular weight excluding hydrogens is 328 g/mol. The molecule has 3 amide bonds. The van der Waals surface area contributed by atoms with Crippen LogP contribution in [0, 0.1) is 0 Å². The van der Waals surface area contributed by atoms with Gasteiger partial charge in [0.2, 0.25) is 5.91 Å². The molecule has 6 nitrogen and oxygen atoms in total. The minimum atomic E-state index is -0.416. The Morgan fingerprint density at radius 2 is 2.04 bits per heavy atom. The molecule has 2 aliphatic rings. The second-order valence-corrected chi connectivity index (χ2v) is 6.63. The number of carbonyl (C=O) groups excluding carboxylic acids is 3. The Labute approximate surface area is 144 Å². The van der Waals surface area contributed by atoms with Crippen LogP contribution in [0.15, 0.2) is 29.2 Å². The molecule has 0 bridgehead atoms. The minimum absolute atomic E-state index is 0.169.